The number of nitrogens with zero attached hydrogens (tertiary/aromatic N) is 2. The number of hydrogen-bond donors (Lipinski definition) is 2. The number of rotatable bonds is 4. The van der Waals surface area contributed by atoms with Crippen LogP contribution >= 0.6 is 37.2 Å². The number of anilines is 1. The predicted octanol–water partition coefficient (Wildman–Crippen LogP) is 3.16. The van der Waals surface area contributed by atoms with Gasteiger partial charge in [-0.1, -0.05) is 6.42 Å². The molecule has 2 saturated heterocycles. The van der Waals surface area contributed by atoms with E-state index in [9.17, 15) is 9.18 Å². The second kappa shape index (κ2) is 12.7. The highest BCUT2D eigenvalue weighted by Crippen LogP contribution is 2.28. The number of nitrogens with one attached hydrogen (secondary N) is 2. The zero-order chi connectivity index (χ0) is 17.8. The van der Waals surface area contributed by atoms with Crippen LogP contribution in [0.5, 0.6) is 0 Å². The van der Waals surface area contributed by atoms with E-state index in [0.717, 1.165) is 63.2 Å². The monoisotopic (exact) mass is 456 g/mol. The summed E-state index contributed by atoms with van der Waals surface area (Å²) in [6.45, 7) is 6.64. The number of hydrogen-bond acceptors (Lipinski definition) is 4. The molecule has 1 amide bonds. The molecule has 1 aromatic carbocycles. The van der Waals surface area contributed by atoms with E-state index >= 15 is 0 Å². The molecule has 162 valence electrons. The third-order valence-electron chi connectivity index (χ3n) is 5.29. The number of benzene rings is 1. The van der Waals surface area contributed by atoms with Crippen molar-refractivity contribution in [2.75, 3.05) is 44.7 Å². The Bertz CT molecular complexity index is 609. The molecule has 2 atom stereocenters. The lowest BCUT2D eigenvalue weighted by molar-refractivity contribution is -0.124. The third-order valence-corrected chi connectivity index (χ3v) is 5.29. The Kier molecular flexibility index (Phi) is 12.3. The minimum Gasteiger partial charge on any atom is -0.369 e. The van der Waals surface area contributed by atoms with Crippen LogP contribution in [0.2, 0.25) is 0 Å². The van der Waals surface area contributed by atoms with Crippen LogP contribution < -0.4 is 15.5 Å². The zero-order valence-electron chi connectivity index (χ0n) is 16.4. The summed E-state index contributed by atoms with van der Waals surface area (Å²) in [6.07, 6.45) is 3.07. The average Bonchev–Trinajstić information content (AvgIpc) is 2.63. The molecule has 28 heavy (non-hydrogen) atoms. The highest BCUT2D eigenvalue weighted by molar-refractivity contribution is 5.86. The molecule has 3 rings (SSSR count). The number of carbonyl (C=O) groups excluding carboxylic acids is 1. The van der Waals surface area contributed by atoms with Crippen molar-refractivity contribution in [1.29, 1.82) is 0 Å². The van der Waals surface area contributed by atoms with Gasteiger partial charge in [-0.15, -0.1) is 37.2 Å². The Hall–Kier alpha value is -0.790. The maximum atomic E-state index is 13.9. The highest BCUT2D eigenvalue weighted by Gasteiger charge is 2.25. The van der Waals surface area contributed by atoms with E-state index < -0.39 is 0 Å². The molecule has 2 heterocycles. The van der Waals surface area contributed by atoms with Crippen molar-refractivity contribution in [3.8, 4) is 0 Å². The molecule has 0 spiro atoms. The maximum Gasteiger partial charge on any atom is 0.237 e. The van der Waals surface area contributed by atoms with E-state index in [1.165, 1.54) is 6.07 Å². The molecule has 2 aliphatic rings. The normalized spacial score (nSPS) is 20.8. The van der Waals surface area contributed by atoms with Gasteiger partial charge < -0.3 is 20.4 Å². The topological polar surface area (TPSA) is 47.6 Å². The van der Waals surface area contributed by atoms with E-state index in [1.54, 1.807) is 6.07 Å². The van der Waals surface area contributed by atoms with Gasteiger partial charge in [0.05, 0.1) is 12.1 Å². The lowest BCUT2D eigenvalue weighted by atomic mass is 10.0. The molecule has 0 aromatic heterocycles. The summed E-state index contributed by atoms with van der Waals surface area (Å²) in [5.41, 5.74) is 1.88. The SMILES string of the molecule is CC(NC(=O)[C@@H]1CCCCN1)c1cc(F)ccc1N1CCN(C)CC1.Cl.Cl.Cl. The van der Waals surface area contributed by atoms with Gasteiger partial charge >= 0.3 is 0 Å². The number of amides is 1. The number of piperidine rings is 1. The summed E-state index contributed by atoms with van der Waals surface area (Å²) in [6, 6.07) is 4.57. The molecular formula is C19H32Cl3FN4O. The summed E-state index contributed by atoms with van der Waals surface area (Å²) in [7, 11) is 2.11. The van der Waals surface area contributed by atoms with Gasteiger partial charge in [0.15, 0.2) is 0 Å². The van der Waals surface area contributed by atoms with E-state index in [-0.39, 0.29) is 61.0 Å². The first-order valence-corrected chi connectivity index (χ1v) is 9.31. The second-order valence-electron chi connectivity index (χ2n) is 7.23. The van der Waals surface area contributed by atoms with Crippen LogP contribution in [0, 0.1) is 5.82 Å². The van der Waals surface area contributed by atoms with Crippen LogP contribution in [-0.4, -0.2) is 56.6 Å². The first kappa shape index (κ1) is 27.2. The first-order valence-electron chi connectivity index (χ1n) is 9.31. The van der Waals surface area contributed by atoms with Gasteiger partial charge in [-0.05, 0) is 51.6 Å². The lowest BCUT2D eigenvalue weighted by Crippen LogP contribution is -2.47. The molecule has 0 radical (unpaired) electrons. The van der Waals surface area contributed by atoms with Crippen LogP contribution in [0.4, 0.5) is 10.1 Å². The summed E-state index contributed by atoms with van der Waals surface area (Å²) >= 11 is 0. The van der Waals surface area contributed by atoms with Crippen molar-refractivity contribution < 1.29 is 9.18 Å². The van der Waals surface area contributed by atoms with Crippen molar-refractivity contribution >= 4 is 48.8 Å². The Labute approximate surface area is 186 Å². The van der Waals surface area contributed by atoms with Crippen molar-refractivity contribution in [3.63, 3.8) is 0 Å². The number of likely N-dealkylation sites (N-methyl/N-ethyl adjacent to an activating group) is 1. The van der Waals surface area contributed by atoms with Crippen LogP contribution in [-0.2, 0) is 4.79 Å². The van der Waals surface area contributed by atoms with Gasteiger partial charge in [0, 0.05) is 37.4 Å². The molecule has 0 saturated carbocycles. The van der Waals surface area contributed by atoms with E-state index in [1.807, 2.05) is 13.0 Å². The van der Waals surface area contributed by atoms with Gasteiger partial charge in [-0.2, -0.15) is 0 Å². The Morgan fingerprint density at radius 3 is 2.46 bits per heavy atom. The number of halogens is 4. The van der Waals surface area contributed by atoms with Crippen molar-refractivity contribution in [2.45, 2.75) is 38.3 Å². The minimum atomic E-state index is -0.259. The van der Waals surface area contributed by atoms with Gasteiger partial charge in [-0.3, -0.25) is 4.79 Å². The molecule has 2 aliphatic heterocycles. The molecule has 2 fully saturated rings. The molecule has 5 nitrogen and oxygen atoms in total. The zero-order valence-corrected chi connectivity index (χ0v) is 18.9. The lowest BCUT2D eigenvalue weighted by Gasteiger charge is -2.36. The highest BCUT2D eigenvalue weighted by atomic mass is 35.5. The van der Waals surface area contributed by atoms with E-state index in [4.69, 9.17) is 0 Å². The fourth-order valence-corrected chi connectivity index (χ4v) is 3.67. The quantitative estimate of drug-likeness (QED) is 0.729. The fourth-order valence-electron chi connectivity index (χ4n) is 3.67. The summed E-state index contributed by atoms with van der Waals surface area (Å²) in [5.74, 6) is -0.245. The smallest absolute Gasteiger partial charge is 0.237 e. The Morgan fingerprint density at radius 2 is 1.86 bits per heavy atom. The van der Waals surface area contributed by atoms with E-state index in [2.05, 4.69) is 27.5 Å². The Balaban J connectivity index is 0.00000243. The predicted molar refractivity (Wildman–Crippen MR) is 120 cm³/mol. The van der Waals surface area contributed by atoms with Crippen LogP contribution in [0.3, 0.4) is 0 Å². The van der Waals surface area contributed by atoms with Crippen molar-refractivity contribution in [2.24, 2.45) is 0 Å². The minimum absolute atomic E-state index is 0. The van der Waals surface area contributed by atoms with Crippen molar-refractivity contribution in [1.82, 2.24) is 15.5 Å². The summed E-state index contributed by atoms with van der Waals surface area (Å²) in [5, 5.41) is 6.34. The largest absolute Gasteiger partial charge is 0.369 e. The molecule has 9 heteroatoms. The van der Waals surface area contributed by atoms with Gasteiger partial charge in [0.25, 0.3) is 0 Å². The number of carbonyl (C=O) groups is 1. The van der Waals surface area contributed by atoms with Crippen LogP contribution in [0.15, 0.2) is 18.2 Å². The summed E-state index contributed by atoms with van der Waals surface area (Å²) in [4.78, 5) is 17.1. The second-order valence-corrected chi connectivity index (χ2v) is 7.23. The van der Waals surface area contributed by atoms with Crippen molar-refractivity contribution in [3.05, 3.63) is 29.6 Å². The molecule has 1 unspecified atom stereocenters. The molecule has 1 aromatic rings. The molecular weight excluding hydrogens is 426 g/mol. The molecule has 2 N–H and O–H groups in total. The average molecular weight is 458 g/mol. The fraction of sp³-hybridized carbons (Fsp3) is 0.632. The molecule has 0 aliphatic carbocycles. The third kappa shape index (κ3) is 6.92. The summed E-state index contributed by atoms with van der Waals surface area (Å²) < 4.78 is 13.9. The standard InChI is InChI=1S/C19H29FN4O.3ClH/c1-14(22-19(25)17-5-3-4-8-21-17)16-13-15(20)6-7-18(16)24-11-9-23(2)10-12-24;;;/h6-7,13-14,17,21H,3-5,8-12H2,1-2H3,(H,22,25);3*1H/t14?,17-;;;/m0.../s1. The first-order chi connectivity index (χ1) is 12.0. The van der Waals surface area contributed by atoms with Crippen LogP contribution in [0.25, 0.3) is 0 Å². The van der Waals surface area contributed by atoms with Gasteiger partial charge in [0.1, 0.15) is 5.82 Å². The van der Waals surface area contributed by atoms with Gasteiger partial charge in [-0.25, -0.2) is 4.39 Å². The van der Waals surface area contributed by atoms with Crippen LogP contribution in [0.1, 0.15) is 37.8 Å². The Morgan fingerprint density at radius 1 is 1.18 bits per heavy atom. The van der Waals surface area contributed by atoms with Gasteiger partial charge in [0.2, 0.25) is 5.91 Å². The number of piperazine rings is 1. The van der Waals surface area contributed by atoms with E-state index in [0.29, 0.717) is 0 Å². The maximum absolute atomic E-state index is 13.9. The molecule has 0 bridgehead atoms.